The number of amides is 2. The summed E-state index contributed by atoms with van der Waals surface area (Å²) in [6, 6.07) is 8.47. The van der Waals surface area contributed by atoms with Crippen LogP contribution in [0.2, 0.25) is 0 Å². The zero-order valence-corrected chi connectivity index (χ0v) is 17.2. The molecule has 164 valence electrons. The maximum Gasteiger partial charge on any atom is 0.247 e. The van der Waals surface area contributed by atoms with Crippen LogP contribution in [0, 0.1) is 0 Å². The van der Waals surface area contributed by atoms with E-state index in [4.69, 9.17) is 9.47 Å². The summed E-state index contributed by atoms with van der Waals surface area (Å²) in [6.45, 7) is 3.08. The first kappa shape index (κ1) is 21.1. The van der Waals surface area contributed by atoms with E-state index in [0.29, 0.717) is 26.2 Å². The van der Waals surface area contributed by atoms with Crippen molar-refractivity contribution in [2.45, 2.75) is 19.0 Å². The van der Waals surface area contributed by atoms with E-state index in [-0.39, 0.29) is 25.0 Å². The number of aliphatic hydroxyl groups excluding tert-OH is 1. The number of carbonyl (C=O) groups excluding carboxylic acids is 2. The minimum absolute atomic E-state index is 0.135. The first-order chi connectivity index (χ1) is 15.1. The number of hydrogen-bond acceptors (Lipinski definition) is 7. The maximum absolute atomic E-state index is 12.8. The van der Waals surface area contributed by atoms with Crippen LogP contribution in [0.15, 0.2) is 42.7 Å². The highest BCUT2D eigenvalue weighted by molar-refractivity contribution is 5.88. The number of aliphatic hydroxyl groups is 1. The zero-order valence-electron chi connectivity index (χ0n) is 17.2. The van der Waals surface area contributed by atoms with Crippen LogP contribution in [0.5, 0.6) is 11.5 Å². The van der Waals surface area contributed by atoms with E-state index in [1.807, 2.05) is 18.2 Å². The molecule has 2 N–H and O–H groups in total. The van der Waals surface area contributed by atoms with Crippen molar-refractivity contribution in [2.75, 3.05) is 39.6 Å². The van der Waals surface area contributed by atoms with Crippen LogP contribution in [0.4, 0.5) is 0 Å². The summed E-state index contributed by atoms with van der Waals surface area (Å²) in [5, 5.41) is 12.3. The Morgan fingerprint density at radius 2 is 1.77 bits per heavy atom. The van der Waals surface area contributed by atoms with Gasteiger partial charge in [-0.25, -0.2) is 0 Å². The molecule has 1 aromatic carbocycles. The van der Waals surface area contributed by atoms with E-state index in [9.17, 15) is 14.7 Å². The first-order valence-corrected chi connectivity index (χ1v) is 10.3. The number of aromatic nitrogens is 1. The Balaban J connectivity index is 1.26. The molecule has 0 radical (unpaired) electrons. The second-order valence-electron chi connectivity index (χ2n) is 7.62. The fourth-order valence-corrected chi connectivity index (χ4v) is 3.76. The molecule has 2 aliphatic heterocycles. The van der Waals surface area contributed by atoms with E-state index >= 15 is 0 Å². The van der Waals surface area contributed by atoms with Gasteiger partial charge in [-0.1, -0.05) is 6.07 Å². The molecule has 2 aromatic rings. The molecule has 2 aliphatic rings. The van der Waals surface area contributed by atoms with Gasteiger partial charge in [0, 0.05) is 45.1 Å². The van der Waals surface area contributed by atoms with Crippen LogP contribution in [0.25, 0.3) is 0 Å². The highest BCUT2D eigenvalue weighted by atomic mass is 16.7. The summed E-state index contributed by atoms with van der Waals surface area (Å²) in [5.74, 6) is 0.966. The summed E-state index contributed by atoms with van der Waals surface area (Å²) in [4.78, 5) is 32.9. The lowest BCUT2D eigenvalue weighted by Gasteiger charge is -2.36. The molecular formula is C22H26N4O5. The van der Waals surface area contributed by atoms with Crippen molar-refractivity contribution in [2.24, 2.45) is 0 Å². The molecular weight excluding hydrogens is 400 g/mol. The number of nitrogens with one attached hydrogen (secondary N) is 1. The van der Waals surface area contributed by atoms with E-state index < -0.39 is 12.6 Å². The second-order valence-corrected chi connectivity index (χ2v) is 7.62. The Morgan fingerprint density at radius 1 is 1.03 bits per heavy atom. The predicted octanol–water partition coefficient (Wildman–Crippen LogP) is 0.174. The van der Waals surface area contributed by atoms with Crippen LogP contribution < -0.4 is 14.8 Å². The molecule has 1 aromatic heterocycles. The third kappa shape index (κ3) is 5.31. The molecule has 31 heavy (non-hydrogen) atoms. The van der Waals surface area contributed by atoms with Gasteiger partial charge in [-0.05, 0) is 35.4 Å². The lowest BCUT2D eigenvalue weighted by Crippen LogP contribution is -2.56. The number of hydrogen-bond donors (Lipinski definition) is 2. The number of pyridine rings is 1. The third-order valence-electron chi connectivity index (χ3n) is 5.46. The highest BCUT2D eigenvalue weighted by Crippen LogP contribution is 2.32. The fraction of sp³-hybridized carbons (Fsp3) is 0.409. The van der Waals surface area contributed by atoms with Crippen LogP contribution in [-0.4, -0.2) is 77.3 Å². The number of carbonyl (C=O) groups is 2. The normalized spacial score (nSPS) is 16.7. The van der Waals surface area contributed by atoms with Crippen molar-refractivity contribution in [3.63, 3.8) is 0 Å². The van der Waals surface area contributed by atoms with Crippen LogP contribution in [-0.2, 0) is 22.6 Å². The van der Waals surface area contributed by atoms with E-state index in [1.165, 1.54) is 0 Å². The van der Waals surface area contributed by atoms with E-state index in [0.717, 1.165) is 29.2 Å². The average molecular weight is 426 g/mol. The number of benzene rings is 1. The second kappa shape index (κ2) is 9.76. The Kier molecular flexibility index (Phi) is 6.63. The Bertz CT molecular complexity index is 915. The quantitative estimate of drug-likeness (QED) is 0.651. The van der Waals surface area contributed by atoms with Gasteiger partial charge >= 0.3 is 0 Å². The van der Waals surface area contributed by atoms with Crippen molar-refractivity contribution in [3.8, 4) is 11.5 Å². The molecule has 0 spiro atoms. The number of piperazine rings is 1. The molecule has 1 atom stereocenters. The van der Waals surface area contributed by atoms with Crippen molar-refractivity contribution < 1.29 is 24.2 Å². The molecule has 9 heteroatoms. The lowest BCUT2D eigenvalue weighted by molar-refractivity contribution is -0.139. The Morgan fingerprint density at radius 3 is 2.52 bits per heavy atom. The molecule has 9 nitrogen and oxygen atoms in total. The Hall–Kier alpha value is -3.17. The molecule has 0 saturated carbocycles. The first-order valence-electron chi connectivity index (χ1n) is 10.3. The summed E-state index contributed by atoms with van der Waals surface area (Å²) in [7, 11) is 0. The fourth-order valence-electron chi connectivity index (χ4n) is 3.76. The number of nitrogens with zero attached hydrogens (tertiary/aromatic N) is 3. The summed E-state index contributed by atoms with van der Waals surface area (Å²) in [6.07, 6.45) is 3.36. The molecule has 0 bridgehead atoms. The van der Waals surface area contributed by atoms with Gasteiger partial charge in [-0.2, -0.15) is 0 Å². The van der Waals surface area contributed by atoms with E-state index in [2.05, 4.69) is 15.2 Å². The SMILES string of the molecule is O=C(Cc1ccncc1)N[C@@H](CO)C(=O)N1CCN(Cc2ccc3c(c2)OCO3)CC1. The minimum Gasteiger partial charge on any atom is -0.454 e. The van der Waals surface area contributed by atoms with Crippen LogP contribution in [0.3, 0.4) is 0 Å². The average Bonchev–Trinajstić information content (AvgIpc) is 3.26. The topological polar surface area (TPSA) is 104 Å². The number of rotatable bonds is 7. The zero-order chi connectivity index (χ0) is 21.6. The van der Waals surface area contributed by atoms with Gasteiger partial charge in [-0.15, -0.1) is 0 Å². The van der Waals surface area contributed by atoms with E-state index in [1.54, 1.807) is 29.4 Å². The molecule has 3 heterocycles. The number of fused-ring (bicyclic) bond motifs is 1. The van der Waals surface area contributed by atoms with Gasteiger partial charge in [0.15, 0.2) is 11.5 Å². The summed E-state index contributed by atoms with van der Waals surface area (Å²) in [5.41, 5.74) is 1.93. The molecule has 0 aliphatic carbocycles. The molecule has 4 rings (SSSR count). The predicted molar refractivity (Wildman–Crippen MR) is 111 cm³/mol. The minimum atomic E-state index is -0.935. The van der Waals surface area contributed by atoms with Gasteiger partial charge in [0.2, 0.25) is 18.6 Å². The summed E-state index contributed by atoms with van der Waals surface area (Å²) >= 11 is 0. The molecule has 1 saturated heterocycles. The molecule has 0 unspecified atom stereocenters. The molecule has 1 fully saturated rings. The summed E-state index contributed by atoms with van der Waals surface area (Å²) < 4.78 is 10.8. The van der Waals surface area contributed by atoms with Crippen LogP contribution in [0.1, 0.15) is 11.1 Å². The van der Waals surface area contributed by atoms with Gasteiger partial charge in [-0.3, -0.25) is 19.5 Å². The van der Waals surface area contributed by atoms with Gasteiger partial charge in [0.25, 0.3) is 0 Å². The van der Waals surface area contributed by atoms with Crippen molar-refractivity contribution >= 4 is 11.8 Å². The van der Waals surface area contributed by atoms with Gasteiger partial charge in [0.1, 0.15) is 6.04 Å². The van der Waals surface area contributed by atoms with Crippen molar-refractivity contribution in [1.82, 2.24) is 20.1 Å². The van der Waals surface area contributed by atoms with Crippen LogP contribution >= 0.6 is 0 Å². The standard InChI is InChI=1S/C22H26N4O5/c27-14-18(24-21(28)12-16-3-5-23-6-4-16)22(29)26-9-7-25(8-10-26)13-17-1-2-19-20(11-17)31-15-30-19/h1-6,11,18,27H,7-10,12-15H2,(H,24,28)/t18-/m0/s1. The third-order valence-corrected chi connectivity index (χ3v) is 5.46. The lowest BCUT2D eigenvalue weighted by atomic mass is 10.1. The highest BCUT2D eigenvalue weighted by Gasteiger charge is 2.28. The molecule has 2 amide bonds. The van der Waals surface area contributed by atoms with Crippen molar-refractivity contribution in [1.29, 1.82) is 0 Å². The van der Waals surface area contributed by atoms with Gasteiger partial charge in [0.05, 0.1) is 13.0 Å². The van der Waals surface area contributed by atoms with Gasteiger partial charge < -0.3 is 24.8 Å². The van der Waals surface area contributed by atoms with Crippen molar-refractivity contribution in [3.05, 3.63) is 53.9 Å². The monoisotopic (exact) mass is 426 g/mol. The Labute approximate surface area is 180 Å². The smallest absolute Gasteiger partial charge is 0.247 e. The number of ether oxygens (including phenoxy) is 2. The largest absolute Gasteiger partial charge is 0.454 e. The maximum atomic E-state index is 12.8.